The summed E-state index contributed by atoms with van der Waals surface area (Å²) in [7, 11) is 0. The molecule has 0 bridgehead atoms. The first kappa shape index (κ1) is 16.7. The molecule has 1 heterocycles. The molecule has 1 unspecified atom stereocenters. The molecule has 20 heavy (non-hydrogen) atoms. The molecule has 0 amide bonds. The SMILES string of the molecule is CCOC(=O)Cc1sc(C(CC)C(C)C)cc1C(=O)O. The van der Waals surface area contributed by atoms with Crippen LogP contribution in [0.2, 0.25) is 0 Å². The van der Waals surface area contributed by atoms with Crippen molar-refractivity contribution in [1.82, 2.24) is 0 Å². The molecular weight excluding hydrogens is 276 g/mol. The highest BCUT2D eigenvalue weighted by atomic mass is 32.1. The Balaban J connectivity index is 3.07. The van der Waals surface area contributed by atoms with E-state index in [1.54, 1.807) is 13.0 Å². The number of hydrogen-bond donors (Lipinski definition) is 1. The average molecular weight is 298 g/mol. The van der Waals surface area contributed by atoms with Gasteiger partial charge in [0.05, 0.1) is 18.6 Å². The number of aromatic carboxylic acids is 1. The van der Waals surface area contributed by atoms with Crippen molar-refractivity contribution in [3.05, 3.63) is 21.4 Å². The summed E-state index contributed by atoms with van der Waals surface area (Å²) in [5, 5.41) is 9.27. The van der Waals surface area contributed by atoms with Crippen molar-refractivity contribution in [3.8, 4) is 0 Å². The molecule has 0 aliphatic rings. The molecule has 1 rings (SSSR count). The lowest BCUT2D eigenvalue weighted by molar-refractivity contribution is -0.142. The van der Waals surface area contributed by atoms with E-state index in [0.29, 0.717) is 23.3 Å². The molecule has 0 aliphatic heterocycles. The van der Waals surface area contributed by atoms with E-state index in [1.807, 2.05) is 0 Å². The van der Waals surface area contributed by atoms with Crippen LogP contribution in [-0.2, 0) is 16.0 Å². The number of esters is 1. The minimum atomic E-state index is -0.981. The third-order valence-electron chi connectivity index (χ3n) is 3.28. The van der Waals surface area contributed by atoms with Gasteiger partial charge < -0.3 is 9.84 Å². The third kappa shape index (κ3) is 4.07. The smallest absolute Gasteiger partial charge is 0.336 e. The van der Waals surface area contributed by atoms with Crippen LogP contribution in [-0.4, -0.2) is 23.7 Å². The molecule has 0 radical (unpaired) electrons. The standard InChI is InChI=1S/C15H22O4S/c1-5-10(9(3)4)12-7-11(15(17)18)13(20-12)8-14(16)19-6-2/h7,9-10H,5-6,8H2,1-4H3,(H,17,18). The van der Waals surface area contributed by atoms with Crippen molar-refractivity contribution in [2.24, 2.45) is 5.92 Å². The van der Waals surface area contributed by atoms with Gasteiger partial charge in [-0.2, -0.15) is 0 Å². The molecule has 0 aliphatic carbocycles. The maximum atomic E-state index is 11.6. The molecule has 0 fully saturated rings. The number of carbonyl (C=O) groups is 2. The van der Waals surface area contributed by atoms with Gasteiger partial charge >= 0.3 is 11.9 Å². The van der Waals surface area contributed by atoms with Gasteiger partial charge in [0.15, 0.2) is 0 Å². The molecule has 4 nitrogen and oxygen atoms in total. The number of thiophene rings is 1. The van der Waals surface area contributed by atoms with E-state index in [1.165, 1.54) is 11.3 Å². The largest absolute Gasteiger partial charge is 0.478 e. The van der Waals surface area contributed by atoms with Gasteiger partial charge in [0, 0.05) is 9.75 Å². The highest BCUT2D eigenvalue weighted by Gasteiger charge is 2.23. The fourth-order valence-electron chi connectivity index (χ4n) is 2.29. The van der Waals surface area contributed by atoms with E-state index in [0.717, 1.165) is 11.3 Å². The van der Waals surface area contributed by atoms with Crippen molar-refractivity contribution in [3.63, 3.8) is 0 Å². The molecular formula is C15H22O4S. The van der Waals surface area contributed by atoms with Gasteiger partial charge in [-0.1, -0.05) is 20.8 Å². The van der Waals surface area contributed by atoms with E-state index in [4.69, 9.17) is 4.74 Å². The van der Waals surface area contributed by atoms with E-state index in [-0.39, 0.29) is 18.0 Å². The summed E-state index contributed by atoms with van der Waals surface area (Å²) < 4.78 is 4.90. The summed E-state index contributed by atoms with van der Waals surface area (Å²) in [6.45, 7) is 8.39. The second-order valence-electron chi connectivity index (χ2n) is 5.03. The Morgan fingerprint density at radius 1 is 1.35 bits per heavy atom. The van der Waals surface area contributed by atoms with Crippen LogP contribution < -0.4 is 0 Å². The number of carboxylic acid groups (broad SMARTS) is 1. The van der Waals surface area contributed by atoms with Gasteiger partial charge in [0.1, 0.15) is 0 Å². The lowest BCUT2D eigenvalue weighted by Crippen LogP contribution is -2.09. The minimum absolute atomic E-state index is 0.0364. The normalized spacial score (nSPS) is 12.4. The highest BCUT2D eigenvalue weighted by Crippen LogP contribution is 2.35. The molecule has 1 aromatic heterocycles. The highest BCUT2D eigenvalue weighted by molar-refractivity contribution is 7.12. The Kier molecular flexibility index (Phi) is 6.20. The predicted molar refractivity (Wildman–Crippen MR) is 79.5 cm³/mol. The molecule has 1 N–H and O–H groups in total. The van der Waals surface area contributed by atoms with E-state index >= 15 is 0 Å². The first-order valence-corrected chi connectivity index (χ1v) is 7.73. The van der Waals surface area contributed by atoms with Crippen LogP contribution >= 0.6 is 11.3 Å². The summed E-state index contributed by atoms with van der Waals surface area (Å²) in [6, 6.07) is 1.72. The van der Waals surface area contributed by atoms with Crippen molar-refractivity contribution >= 4 is 23.3 Å². The van der Waals surface area contributed by atoms with Crippen molar-refractivity contribution in [2.75, 3.05) is 6.61 Å². The van der Waals surface area contributed by atoms with Gasteiger partial charge in [0.2, 0.25) is 0 Å². The molecule has 1 aromatic rings. The van der Waals surface area contributed by atoms with Crippen LogP contribution in [0.4, 0.5) is 0 Å². The maximum Gasteiger partial charge on any atom is 0.336 e. The van der Waals surface area contributed by atoms with Crippen LogP contribution in [0, 0.1) is 5.92 Å². The fraction of sp³-hybridized carbons (Fsp3) is 0.600. The lowest BCUT2D eigenvalue weighted by Gasteiger charge is -2.16. The minimum Gasteiger partial charge on any atom is -0.478 e. The predicted octanol–water partition coefficient (Wildman–Crippen LogP) is 3.70. The number of carbonyl (C=O) groups excluding carboxylic acids is 1. The van der Waals surface area contributed by atoms with Gasteiger partial charge in [0.25, 0.3) is 0 Å². The summed E-state index contributed by atoms with van der Waals surface area (Å²) in [5.41, 5.74) is 0.233. The van der Waals surface area contributed by atoms with Crippen molar-refractivity contribution in [1.29, 1.82) is 0 Å². The molecule has 0 aromatic carbocycles. The second kappa shape index (κ2) is 7.43. The molecule has 1 atom stereocenters. The maximum absolute atomic E-state index is 11.6. The molecule has 5 heteroatoms. The Morgan fingerprint density at radius 3 is 2.45 bits per heavy atom. The zero-order valence-corrected chi connectivity index (χ0v) is 13.3. The first-order chi connectivity index (χ1) is 9.40. The van der Waals surface area contributed by atoms with Crippen LogP contribution in [0.1, 0.15) is 60.1 Å². The van der Waals surface area contributed by atoms with Gasteiger partial charge in [-0.15, -0.1) is 11.3 Å². The first-order valence-electron chi connectivity index (χ1n) is 6.92. The number of carboxylic acids is 1. The summed E-state index contributed by atoms with van der Waals surface area (Å²) in [5.74, 6) is -0.587. The molecule has 0 spiro atoms. The van der Waals surface area contributed by atoms with E-state index in [9.17, 15) is 14.7 Å². The van der Waals surface area contributed by atoms with Crippen molar-refractivity contribution in [2.45, 2.75) is 46.5 Å². The lowest BCUT2D eigenvalue weighted by atomic mass is 9.91. The average Bonchev–Trinajstić information content (AvgIpc) is 2.73. The molecule has 0 saturated heterocycles. The van der Waals surface area contributed by atoms with Gasteiger partial charge in [-0.3, -0.25) is 4.79 Å². The van der Waals surface area contributed by atoms with Crippen LogP contribution in [0.3, 0.4) is 0 Å². The topological polar surface area (TPSA) is 63.6 Å². The molecule has 112 valence electrons. The zero-order chi connectivity index (χ0) is 15.3. The quantitative estimate of drug-likeness (QED) is 0.780. The zero-order valence-electron chi connectivity index (χ0n) is 12.4. The third-order valence-corrected chi connectivity index (χ3v) is 4.55. The van der Waals surface area contributed by atoms with Crippen LogP contribution in [0.15, 0.2) is 6.07 Å². The number of hydrogen-bond acceptors (Lipinski definition) is 4. The summed E-state index contributed by atoms with van der Waals surface area (Å²) >= 11 is 1.42. The Morgan fingerprint density at radius 2 is 2.00 bits per heavy atom. The van der Waals surface area contributed by atoms with Gasteiger partial charge in [-0.05, 0) is 31.2 Å². The Labute approximate surface area is 123 Å². The van der Waals surface area contributed by atoms with Crippen LogP contribution in [0.25, 0.3) is 0 Å². The van der Waals surface area contributed by atoms with Crippen LogP contribution in [0.5, 0.6) is 0 Å². The van der Waals surface area contributed by atoms with E-state index < -0.39 is 5.97 Å². The number of ether oxygens (including phenoxy) is 1. The van der Waals surface area contributed by atoms with E-state index in [2.05, 4.69) is 20.8 Å². The second-order valence-corrected chi connectivity index (χ2v) is 6.20. The van der Waals surface area contributed by atoms with Gasteiger partial charge in [-0.25, -0.2) is 4.79 Å². The summed E-state index contributed by atoms with van der Waals surface area (Å²) in [4.78, 5) is 24.5. The monoisotopic (exact) mass is 298 g/mol. The van der Waals surface area contributed by atoms with Crippen molar-refractivity contribution < 1.29 is 19.4 Å². The summed E-state index contributed by atoms with van der Waals surface area (Å²) in [6.07, 6.45) is 0.991. The Bertz CT molecular complexity index is 476. The fourth-order valence-corrected chi connectivity index (χ4v) is 3.79. The molecule has 0 saturated carbocycles. The number of rotatable bonds is 7. The Hall–Kier alpha value is -1.36.